The van der Waals surface area contributed by atoms with Gasteiger partial charge in [0.15, 0.2) is 9.84 Å². The number of carbonyl (C=O) groups is 1. The molecular formula is C23H19NO4S. The Hall–Kier alpha value is -3.38. The van der Waals surface area contributed by atoms with Crippen LogP contribution in [-0.4, -0.2) is 20.6 Å². The van der Waals surface area contributed by atoms with E-state index in [2.05, 4.69) is 5.32 Å². The zero-order valence-corrected chi connectivity index (χ0v) is 16.5. The quantitative estimate of drug-likeness (QED) is 0.535. The van der Waals surface area contributed by atoms with Gasteiger partial charge in [0, 0.05) is 17.2 Å². The number of carbonyl (C=O) groups excluding carboxylic acids is 1. The molecule has 0 fully saturated rings. The number of sulfone groups is 1. The number of nitrogens with one attached hydrogen (secondary N) is 1. The maximum absolute atomic E-state index is 12.9. The number of hydrogen-bond acceptors (Lipinski definition) is 4. The fourth-order valence-corrected chi connectivity index (χ4v) is 3.81. The van der Waals surface area contributed by atoms with E-state index in [0.717, 1.165) is 22.8 Å². The van der Waals surface area contributed by atoms with Gasteiger partial charge in [-0.1, -0.05) is 48.5 Å². The van der Waals surface area contributed by atoms with Gasteiger partial charge in [0.05, 0.1) is 4.90 Å². The summed E-state index contributed by atoms with van der Waals surface area (Å²) in [7, 11) is -3.32. The average Bonchev–Trinajstić information content (AvgIpc) is 3.16. The summed E-state index contributed by atoms with van der Waals surface area (Å²) in [5.41, 5.74) is 2.00. The summed E-state index contributed by atoms with van der Waals surface area (Å²) in [6.07, 6.45) is 1.13. The number of rotatable bonds is 5. The molecule has 146 valence electrons. The standard InChI is InChI=1S/C23H19NO4S/c1-29(26,27)19-13-11-17(12-14-19)23(25)24-22(16-7-3-2-4-8-16)21-15-18-9-5-6-10-20(18)28-21/h2-15,22H,1H3,(H,24,25)/t22-/m0/s1. The number of furan rings is 1. The van der Waals surface area contributed by atoms with E-state index in [0.29, 0.717) is 11.3 Å². The maximum Gasteiger partial charge on any atom is 0.252 e. The molecule has 0 aliphatic heterocycles. The second kappa shape index (κ2) is 7.56. The van der Waals surface area contributed by atoms with E-state index in [1.807, 2.05) is 60.7 Å². The van der Waals surface area contributed by atoms with Gasteiger partial charge in [0.1, 0.15) is 17.4 Å². The van der Waals surface area contributed by atoms with Crippen LogP contribution in [0.1, 0.15) is 27.7 Å². The second-order valence-electron chi connectivity index (χ2n) is 6.80. The molecule has 6 heteroatoms. The Bertz CT molecular complexity index is 1230. The van der Waals surface area contributed by atoms with Crippen LogP contribution in [0.25, 0.3) is 11.0 Å². The monoisotopic (exact) mass is 405 g/mol. The van der Waals surface area contributed by atoms with E-state index >= 15 is 0 Å². The predicted molar refractivity (Wildman–Crippen MR) is 112 cm³/mol. The lowest BCUT2D eigenvalue weighted by Gasteiger charge is -2.17. The molecule has 4 aromatic rings. The molecule has 0 saturated carbocycles. The molecule has 0 unspecified atom stereocenters. The zero-order valence-electron chi connectivity index (χ0n) is 15.7. The molecule has 0 spiro atoms. The van der Waals surface area contributed by atoms with Crippen molar-refractivity contribution in [2.24, 2.45) is 0 Å². The molecule has 0 saturated heterocycles. The fraction of sp³-hybridized carbons (Fsp3) is 0.0870. The predicted octanol–water partition coefficient (Wildman–Crippen LogP) is 4.36. The lowest BCUT2D eigenvalue weighted by atomic mass is 10.0. The highest BCUT2D eigenvalue weighted by atomic mass is 32.2. The second-order valence-corrected chi connectivity index (χ2v) is 8.82. The van der Waals surface area contributed by atoms with Gasteiger partial charge in [-0.2, -0.15) is 0 Å². The Balaban J connectivity index is 1.68. The van der Waals surface area contributed by atoms with Gasteiger partial charge in [-0.15, -0.1) is 0 Å². The number of para-hydroxylation sites is 1. The minimum atomic E-state index is -3.32. The highest BCUT2D eigenvalue weighted by Crippen LogP contribution is 2.28. The topological polar surface area (TPSA) is 76.4 Å². The van der Waals surface area contributed by atoms with Gasteiger partial charge >= 0.3 is 0 Å². The Labute approximate surface area is 168 Å². The third kappa shape index (κ3) is 4.07. The summed E-state index contributed by atoms with van der Waals surface area (Å²) in [6, 6.07) is 24.5. The molecule has 0 aliphatic carbocycles. The molecule has 5 nitrogen and oxygen atoms in total. The maximum atomic E-state index is 12.9. The molecule has 1 N–H and O–H groups in total. The lowest BCUT2D eigenvalue weighted by molar-refractivity contribution is 0.0939. The minimum absolute atomic E-state index is 0.172. The number of hydrogen-bond donors (Lipinski definition) is 1. The first-order valence-corrected chi connectivity index (χ1v) is 11.0. The van der Waals surface area contributed by atoms with Crippen LogP contribution >= 0.6 is 0 Å². The van der Waals surface area contributed by atoms with Crippen molar-refractivity contribution in [2.45, 2.75) is 10.9 Å². The van der Waals surface area contributed by atoms with Crippen molar-refractivity contribution in [1.29, 1.82) is 0 Å². The van der Waals surface area contributed by atoms with Crippen LogP contribution in [0.15, 0.2) is 94.2 Å². The number of amides is 1. The van der Waals surface area contributed by atoms with Crippen molar-refractivity contribution in [2.75, 3.05) is 6.26 Å². The van der Waals surface area contributed by atoms with E-state index in [1.165, 1.54) is 24.3 Å². The molecule has 0 bridgehead atoms. The van der Waals surface area contributed by atoms with Crippen molar-refractivity contribution in [1.82, 2.24) is 5.32 Å². The molecule has 1 heterocycles. The van der Waals surface area contributed by atoms with Crippen molar-refractivity contribution >= 4 is 26.7 Å². The van der Waals surface area contributed by atoms with Gasteiger partial charge in [0.25, 0.3) is 5.91 Å². The van der Waals surface area contributed by atoms with E-state index < -0.39 is 15.9 Å². The van der Waals surface area contributed by atoms with Crippen molar-refractivity contribution in [3.05, 3.63) is 102 Å². The molecule has 4 rings (SSSR count). The van der Waals surface area contributed by atoms with Crippen LogP contribution < -0.4 is 5.32 Å². The zero-order chi connectivity index (χ0) is 20.4. The van der Waals surface area contributed by atoms with Crippen molar-refractivity contribution < 1.29 is 17.6 Å². The minimum Gasteiger partial charge on any atom is -0.459 e. The highest BCUT2D eigenvalue weighted by Gasteiger charge is 2.22. The molecule has 1 aromatic heterocycles. The first-order valence-electron chi connectivity index (χ1n) is 9.06. The molecule has 1 amide bonds. The van der Waals surface area contributed by atoms with Gasteiger partial charge in [-0.3, -0.25) is 4.79 Å². The highest BCUT2D eigenvalue weighted by molar-refractivity contribution is 7.90. The average molecular weight is 405 g/mol. The van der Waals surface area contributed by atoms with E-state index in [1.54, 1.807) is 0 Å². The van der Waals surface area contributed by atoms with E-state index in [-0.39, 0.29) is 10.8 Å². The van der Waals surface area contributed by atoms with Crippen molar-refractivity contribution in [3.8, 4) is 0 Å². The summed E-state index contributed by atoms with van der Waals surface area (Å²) in [5.74, 6) is 0.304. The Morgan fingerprint density at radius 1 is 0.897 bits per heavy atom. The number of benzene rings is 3. The van der Waals surface area contributed by atoms with Gasteiger partial charge in [-0.05, 0) is 42.0 Å². The Kier molecular flexibility index (Phi) is 4.94. The molecule has 29 heavy (non-hydrogen) atoms. The van der Waals surface area contributed by atoms with Crippen molar-refractivity contribution in [3.63, 3.8) is 0 Å². The summed E-state index contributed by atoms with van der Waals surface area (Å²) >= 11 is 0. The van der Waals surface area contributed by atoms with Crippen LogP contribution in [0.5, 0.6) is 0 Å². The summed E-state index contributed by atoms with van der Waals surface area (Å²) in [5, 5.41) is 3.96. The van der Waals surface area contributed by atoms with Crippen LogP contribution in [0.2, 0.25) is 0 Å². The van der Waals surface area contributed by atoms with Crippen LogP contribution in [-0.2, 0) is 9.84 Å². The van der Waals surface area contributed by atoms with Crippen LogP contribution in [0.3, 0.4) is 0 Å². The first kappa shape index (κ1) is 19.0. The molecule has 3 aromatic carbocycles. The van der Waals surface area contributed by atoms with E-state index in [4.69, 9.17) is 4.42 Å². The lowest BCUT2D eigenvalue weighted by Crippen LogP contribution is -2.29. The molecule has 0 aliphatic rings. The molecular weight excluding hydrogens is 386 g/mol. The third-order valence-corrected chi connectivity index (χ3v) is 5.81. The van der Waals surface area contributed by atoms with Gasteiger partial charge < -0.3 is 9.73 Å². The van der Waals surface area contributed by atoms with E-state index in [9.17, 15) is 13.2 Å². The first-order chi connectivity index (χ1) is 13.9. The Morgan fingerprint density at radius 2 is 1.55 bits per heavy atom. The smallest absolute Gasteiger partial charge is 0.252 e. The van der Waals surface area contributed by atoms with Gasteiger partial charge in [0.2, 0.25) is 0 Å². The summed E-state index contributed by atoms with van der Waals surface area (Å²) < 4.78 is 29.3. The summed E-state index contributed by atoms with van der Waals surface area (Å²) in [4.78, 5) is 13.0. The summed E-state index contributed by atoms with van der Waals surface area (Å²) in [6.45, 7) is 0. The fourth-order valence-electron chi connectivity index (χ4n) is 3.18. The van der Waals surface area contributed by atoms with Gasteiger partial charge in [-0.25, -0.2) is 8.42 Å². The number of fused-ring (bicyclic) bond motifs is 1. The van der Waals surface area contributed by atoms with Crippen LogP contribution in [0, 0.1) is 0 Å². The normalized spacial score (nSPS) is 12.6. The third-order valence-electron chi connectivity index (χ3n) is 4.68. The molecule has 0 radical (unpaired) electrons. The largest absolute Gasteiger partial charge is 0.459 e. The van der Waals surface area contributed by atoms with Crippen LogP contribution in [0.4, 0.5) is 0 Å². The SMILES string of the molecule is CS(=O)(=O)c1ccc(C(=O)N[C@@H](c2ccccc2)c2cc3ccccc3o2)cc1. The Morgan fingerprint density at radius 3 is 2.21 bits per heavy atom. The molecule has 1 atom stereocenters.